The molecule has 0 fully saturated rings. The third-order valence-electron chi connectivity index (χ3n) is 8.39. The molecule has 0 radical (unpaired) electrons. The van der Waals surface area contributed by atoms with Crippen molar-refractivity contribution < 1.29 is 18.9 Å². The molecule has 0 aliphatic rings. The van der Waals surface area contributed by atoms with Crippen molar-refractivity contribution in [3.63, 3.8) is 0 Å². The van der Waals surface area contributed by atoms with Gasteiger partial charge in [0.25, 0.3) is 0 Å². The molecular weight excluding hydrogens is 572 g/mol. The van der Waals surface area contributed by atoms with E-state index < -0.39 is 5.41 Å². The van der Waals surface area contributed by atoms with Gasteiger partial charge in [-0.3, -0.25) is 0 Å². The molecule has 0 aliphatic heterocycles. The summed E-state index contributed by atoms with van der Waals surface area (Å²) in [5.74, 6) is -0.0249. The molecule has 1 atom stereocenters. The van der Waals surface area contributed by atoms with Crippen molar-refractivity contribution in [1.29, 1.82) is 0 Å². The molecule has 2 N–H and O–H groups in total. The first-order valence-corrected chi connectivity index (χ1v) is 16.8. The number of benzene rings is 4. The number of ether oxygens (including phenoxy) is 4. The Morgan fingerprint density at radius 2 is 0.870 bits per heavy atom. The van der Waals surface area contributed by atoms with E-state index in [9.17, 15) is 0 Å². The Kier molecular flexibility index (Phi) is 14.9. The zero-order valence-corrected chi connectivity index (χ0v) is 27.9. The Hall–Kier alpha value is -3.36. The summed E-state index contributed by atoms with van der Waals surface area (Å²) in [6, 6.07) is 43.2. The lowest BCUT2D eigenvalue weighted by Crippen LogP contribution is -2.59. The molecule has 4 aromatic rings. The Morgan fingerprint density at radius 1 is 0.500 bits per heavy atom. The van der Waals surface area contributed by atoms with Gasteiger partial charge in [0.05, 0.1) is 0 Å². The second kappa shape index (κ2) is 19.3. The molecule has 0 bridgehead atoms. The normalized spacial score (nSPS) is 12.7. The van der Waals surface area contributed by atoms with Crippen LogP contribution < -0.4 is 10.6 Å². The maximum Gasteiger partial charge on any atom is 0.169 e. The topological polar surface area (TPSA) is 61.0 Å². The number of hydrogen-bond acceptors (Lipinski definition) is 6. The fourth-order valence-corrected chi connectivity index (χ4v) is 6.47. The molecule has 0 heterocycles. The summed E-state index contributed by atoms with van der Waals surface area (Å²) in [4.78, 5) is 0. The van der Waals surface area contributed by atoms with E-state index in [-0.39, 0.29) is 24.5 Å². The van der Waals surface area contributed by atoms with Gasteiger partial charge in [-0.2, -0.15) is 0 Å². The minimum absolute atomic E-state index is 0.0249. The van der Waals surface area contributed by atoms with E-state index in [2.05, 4.69) is 132 Å². The van der Waals surface area contributed by atoms with Crippen LogP contribution in [0.1, 0.15) is 55.9 Å². The van der Waals surface area contributed by atoms with Crippen LogP contribution in [0.5, 0.6) is 0 Å². The minimum Gasteiger partial charge on any atom is -0.352 e. The Bertz CT molecular complexity index is 1250. The van der Waals surface area contributed by atoms with Gasteiger partial charge in [-0.15, -0.1) is 0 Å². The monoisotopic (exact) mass is 624 g/mol. The van der Waals surface area contributed by atoms with Gasteiger partial charge in [-0.05, 0) is 49.9 Å². The molecule has 0 amide bonds. The molecule has 0 saturated heterocycles. The smallest absolute Gasteiger partial charge is 0.169 e. The number of hydrogen-bond donors (Lipinski definition) is 2. The molecule has 1 unspecified atom stereocenters. The summed E-state index contributed by atoms with van der Waals surface area (Å²) >= 11 is 0. The van der Waals surface area contributed by atoms with Gasteiger partial charge in [0.1, 0.15) is 0 Å². The fraction of sp³-hybridized carbons (Fsp3) is 0.400. The summed E-state index contributed by atoms with van der Waals surface area (Å²) < 4.78 is 24.1. The quantitative estimate of drug-likeness (QED) is 0.0961. The van der Waals surface area contributed by atoms with Crippen LogP contribution in [0.2, 0.25) is 0 Å². The number of rotatable bonds is 21. The first kappa shape index (κ1) is 35.5. The molecule has 0 aromatic heterocycles. The zero-order chi connectivity index (χ0) is 32.5. The van der Waals surface area contributed by atoms with E-state index in [1.54, 1.807) is 0 Å². The van der Waals surface area contributed by atoms with Gasteiger partial charge in [-0.25, -0.2) is 0 Å². The highest BCUT2D eigenvalue weighted by Gasteiger charge is 2.46. The first-order chi connectivity index (χ1) is 22.7. The van der Waals surface area contributed by atoms with Crippen molar-refractivity contribution in [3.8, 4) is 0 Å². The van der Waals surface area contributed by atoms with Crippen LogP contribution in [0, 0.1) is 0 Å². The van der Waals surface area contributed by atoms with Gasteiger partial charge in [0.15, 0.2) is 12.6 Å². The lowest BCUT2D eigenvalue weighted by atomic mass is 9.63. The SMILES string of the molecule is CCOC(CNCC(c1ccccc1)(c1ccccc1)C(NCC(OCC)OCC)C(c1ccccc1)c1ccccc1)OCC. The molecule has 4 rings (SSSR count). The fourth-order valence-electron chi connectivity index (χ4n) is 6.47. The van der Waals surface area contributed by atoms with Crippen molar-refractivity contribution >= 4 is 0 Å². The van der Waals surface area contributed by atoms with Crippen LogP contribution in [-0.2, 0) is 24.4 Å². The molecule has 0 saturated carbocycles. The lowest BCUT2D eigenvalue weighted by molar-refractivity contribution is -0.135. The molecular formula is C40H52N2O4. The molecule has 0 spiro atoms. The van der Waals surface area contributed by atoms with Crippen molar-refractivity contribution in [2.24, 2.45) is 0 Å². The van der Waals surface area contributed by atoms with Gasteiger partial charge in [0.2, 0.25) is 0 Å². The molecule has 0 aliphatic carbocycles. The van der Waals surface area contributed by atoms with Crippen LogP contribution in [0.3, 0.4) is 0 Å². The predicted molar refractivity (Wildman–Crippen MR) is 187 cm³/mol. The van der Waals surface area contributed by atoms with E-state index in [4.69, 9.17) is 18.9 Å². The van der Waals surface area contributed by atoms with Crippen LogP contribution in [0.4, 0.5) is 0 Å². The summed E-state index contributed by atoms with van der Waals surface area (Å²) in [7, 11) is 0. The van der Waals surface area contributed by atoms with E-state index in [0.717, 1.165) is 0 Å². The summed E-state index contributed by atoms with van der Waals surface area (Å²) in [5, 5.41) is 7.88. The molecule has 6 nitrogen and oxygen atoms in total. The van der Waals surface area contributed by atoms with Crippen molar-refractivity contribution in [2.75, 3.05) is 46.1 Å². The maximum absolute atomic E-state index is 6.08. The van der Waals surface area contributed by atoms with E-state index in [1.807, 2.05) is 27.7 Å². The minimum atomic E-state index is -0.551. The third kappa shape index (κ3) is 9.35. The van der Waals surface area contributed by atoms with E-state index in [1.165, 1.54) is 22.3 Å². The average molecular weight is 625 g/mol. The van der Waals surface area contributed by atoms with Crippen LogP contribution in [-0.4, -0.2) is 64.7 Å². The highest BCUT2D eigenvalue weighted by Crippen LogP contribution is 2.44. The molecule has 4 aromatic carbocycles. The predicted octanol–water partition coefficient (Wildman–Crippen LogP) is 7.15. The summed E-state index contributed by atoms with van der Waals surface area (Å²) in [6.07, 6.45) is -0.729. The number of nitrogens with one attached hydrogen (secondary N) is 2. The summed E-state index contributed by atoms with van der Waals surface area (Å²) in [6.45, 7) is 12.0. The van der Waals surface area contributed by atoms with Crippen molar-refractivity contribution in [3.05, 3.63) is 144 Å². The van der Waals surface area contributed by atoms with Gasteiger partial charge >= 0.3 is 0 Å². The lowest BCUT2D eigenvalue weighted by Gasteiger charge is -2.47. The van der Waals surface area contributed by atoms with E-state index in [0.29, 0.717) is 46.1 Å². The standard InChI is InChI=1S/C40H52N2O4/c1-5-43-36(44-6-2)29-41-31-40(34-25-17-11-18-26-34,35-27-19-12-20-28-35)39(42-30-37(45-7-3)46-8-4)38(32-21-13-9-14-22-32)33-23-15-10-16-24-33/h9-28,36-39,41-42H,5-8,29-31H2,1-4H3. The zero-order valence-electron chi connectivity index (χ0n) is 27.9. The first-order valence-electron chi connectivity index (χ1n) is 16.8. The van der Waals surface area contributed by atoms with Gasteiger partial charge in [0, 0.05) is 63.4 Å². The Balaban J connectivity index is 1.95. The largest absolute Gasteiger partial charge is 0.352 e. The third-order valence-corrected chi connectivity index (χ3v) is 8.39. The summed E-state index contributed by atoms with van der Waals surface area (Å²) in [5.41, 5.74) is 4.32. The van der Waals surface area contributed by atoms with Crippen LogP contribution >= 0.6 is 0 Å². The molecule has 246 valence electrons. The Labute approximate surface area is 276 Å². The Morgan fingerprint density at radius 3 is 1.26 bits per heavy atom. The van der Waals surface area contributed by atoms with Gasteiger partial charge < -0.3 is 29.6 Å². The second-order valence-electron chi connectivity index (χ2n) is 11.2. The molecule has 6 heteroatoms. The highest BCUT2D eigenvalue weighted by atomic mass is 16.7. The van der Waals surface area contributed by atoms with Crippen molar-refractivity contribution in [2.45, 2.75) is 57.6 Å². The van der Waals surface area contributed by atoms with E-state index >= 15 is 0 Å². The second-order valence-corrected chi connectivity index (χ2v) is 11.2. The van der Waals surface area contributed by atoms with Crippen LogP contribution in [0.15, 0.2) is 121 Å². The van der Waals surface area contributed by atoms with Crippen molar-refractivity contribution in [1.82, 2.24) is 10.6 Å². The van der Waals surface area contributed by atoms with Gasteiger partial charge in [-0.1, -0.05) is 121 Å². The van der Waals surface area contributed by atoms with Crippen LogP contribution in [0.25, 0.3) is 0 Å². The maximum atomic E-state index is 6.08. The average Bonchev–Trinajstić information content (AvgIpc) is 3.10. The molecule has 46 heavy (non-hydrogen) atoms. The highest BCUT2D eigenvalue weighted by molar-refractivity contribution is 5.47.